The summed E-state index contributed by atoms with van der Waals surface area (Å²) in [6.07, 6.45) is 0.456. The lowest BCUT2D eigenvalue weighted by Gasteiger charge is -2.11. The molecular weight excluding hydrogens is 258 g/mol. The Hall–Kier alpha value is -0.880. The number of amides is 1. The van der Waals surface area contributed by atoms with Crippen LogP contribution < -0.4 is 5.32 Å². The van der Waals surface area contributed by atoms with Crippen molar-refractivity contribution in [1.82, 2.24) is 5.32 Å². The van der Waals surface area contributed by atoms with Crippen molar-refractivity contribution in [1.29, 1.82) is 0 Å². The number of carbonyl (C=O) groups excluding carboxylic acids is 1. The Labute approximate surface area is 106 Å². The second-order valence-corrected chi connectivity index (χ2v) is 7.28. The molecule has 0 fully saturated rings. The van der Waals surface area contributed by atoms with Gasteiger partial charge in [-0.3, -0.25) is 4.79 Å². The zero-order valence-electron chi connectivity index (χ0n) is 9.97. The Balaban J connectivity index is 2.49. The molecule has 4 nitrogen and oxygen atoms in total. The lowest BCUT2D eigenvalue weighted by molar-refractivity contribution is -0.118. The van der Waals surface area contributed by atoms with Gasteiger partial charge in [0.15, 0.2) is 9.84 Å². The molecule has 1 aromatic heterocycles. The van der Waals surface area contributed by atoms with Gasteiger partial charge >= 0.3 is 0 Å². The first-order chi connectivity index (χ1) is 7.93. The largest absolute Gasteiger partial charge is 0.356 e. The average Bonchev–Trinajstić information content (AvgIpc) is 2.76. The van der Waals surface area contributed by atoms with Crippen molar-refractivity contribution >= 4 is 27.1 Å². The number of carbonyl (C=O) groups is 1. The SMILES string of the molecule is CC(=O)NCCCS(=O)(=O)[C@H](C)c1cccs1. The minimum absolute atomic E-state index is 0.104. The van der Waals surface area contributed by atoms with E-state index in [2.05, 4.69) is 5.32 Å². The van der Waals surface area contributed by atoms with Gasteiger partial charge in [0.25, 0.3) is 0 Å². The first-order valence-corrected chi connectivity index (χ1v) is 8.02. The third kappa shape index (κ3) is 4.47. The van der Waals surface area contributed by atoms with E-state index in [0.717, 1.165) is 4.88 Å². The maximum atomic E-state index is 12.0. The van der Waals surface area contributed by atoms with E-state index in [-0.39, 0.29) is 11.7 Å². The standard InChI is InChI=1S/C11H17NO3S2/c1-9(11-5-3-7-16-11)17(14,15)8-4-6-12-10(2)13/h3,5,7,9H,4,6,8H2,1-2H3,(H,12,13)/t9-/m1/s1. The molecule has 0 radical (unpaired) electrons. The Morgan fingerprint density at radius 1 is 1.53 bits per heavy atom. The summed E-state index contributed by atoms with van der Waals surface area (Å²) >= 11 is 1.45. The quantitative estimate of drug-likeness (QED) is 0.804. The van der Waals surface area contributed by atoms with Crippen LogP contribution in [0.1, 0.15) is 30.4 Å². The molecule has 0 bridgehead atoms. The molecule has 96 valence electrons. The van der Waals surface area contributed by atoms with Gasteiger partial charge in [-0.25, -0.2) is 8.42 Å². The Bertz CT molecular complexity index is 451. The van der Waals surface area contributed by atoms with Gasteiger partial charge in [0, 0.05) is 18.3 Å². The van der Waals surface area contributed by atoms with E-state index in [1.807, 2.05) is 17.5 Å². The molecule has 0 aliphatic carbocycles. The van der Waals surface area contributed by atoms with E-state index in [4.69, 9.17) is 0 Å². The number of hydrogen-bond acceptors (Lipinski definition) is 4. The Morgan fingerprint density at radius 2 is 2.24 bits per heavy atom. The predicted octanol–water partition coefficient (Wildman–Crippen LogP) is 1.75. The molecule has 1 atom stereocenters. The molecule has 1 rings (SSSR count). The van der Waals surface area contributed by atoms with Gasteiger partial charge in [0.2, 0.25) is 5.91 Å². The van der Waals surface area contributed by atoms with Crippen LogP contribution in [0.4, 0.5) is 0 Å². The van der Waals surface area contributed by atoms with Gasteiger partial charge in [-0.15, -0.1) is 11.3 Å². The summed E-state index contributed by atoms with van der Waals surface area (Å²) in [5.74, 6) is -0.0273. The van der Waals surface area contributed by atoms with Crippen molar-refractivity contribution < 1.29 is 13.2 Å². The van der Waals surface area contributed by atoms with Crippen molar-refractivity contribution in [3.05, 3.63) is 22.4 Å². The molecule has 6 heteroatoms. The van der Waals surface area contributed by atoms with Crippen molar-refractivity contribution in [2.45, 2.75) is 25.5 Å². The Morgan fingerprint density at radius 3 is 2.76 bits per heavy atom. The van der Waals surface area contributed by atoms with Crippen LogP contribution in [-0.2, 0) is 14.6 Å². The summed E-state index contributed by atoms with van der Waals surface area (Å²) < 4.78 is 23.9. The number of hydrogen-bond donors (Lipinski definition) is 1. The first kappa shape index (κ1) is 14.2. The number of thiophene rings is 1. The summed E-state index contributed by atoms with van der Waals surface area (Å²) in [5.41, 5.74) is 0. The third-order valence-electron chi connectivity index (χ3n) is 2.46. The highest BCUT2D eigenvalue weighted by Crippen LogP contribution is 2.26. The van der Waals surface area contributed by atoms with E-state index in [0.29, 0.717) is 13.0 Å². The summed E-state index contributed by atoms with van der Waals surface area (Å²) in [4.78, 5) is 11.5. The molecule has 17 heavy (non-hydrogen) atoms. The van der Waals surface area contributed by atoms with Gasteiger partial charge in [-0.2, -0.15) is 0 Å². The smallest absolute Gasteiger partial charge is 0.216 e. The van der Waals surface area contributed by atoms with Crippen molar-refractivity contribution in [2.75, 3.05) is 12.3 Å². The molecule has 0 saturated heterocycles. The van der Waals surface area contributed by atoms with Crippen LogP contribution in [0.25, 0.3) is 0 Å². The number of nitrogens with one attached hydrogen (secondary N) is 1. The highest BCUT2D eigenvalue weighted by atomic mass is 32.2. The van der Waals surface area contributed by atoms with E-state index in [9.17, 15) is 13.2 Å². The monoisotopic (exact) mass is 275 g/mol. The minimum atomic E-state index is -3.12. The van der Waals surface area contributed by atoms with Crippen LogP contribution in [-0.4, -0.2) is 26.6 Å². The summed E-state index contributed by atoms with van der Waals surface area (Å²) in [6, 6.07) is 3.68. The van der Waals surface area contributed by atoms with Crippen molar-refractivity contribution in [3.63, 3.8) is 0 Å². The maximum Gasteiger partial charge on any atom is 0.216 e. The average molecular weight is 275 g/mol. The molecule has 0 saturated carbocycles. The van der Waals surface area contributed by atoms with Crippen LogP contribution in [0.5, 0.6) is 0 Å². The van der Waals surface area contributed by atoms with Crippen molar-refractivity contribution in [3.8, 4) is 0 Å². The zero-order chi connectivity index (χ0) is 12.9. The topological polar surface area (TPSA) is 63.2 Å². The lowest BCUT2D eigenvalue weighted by Crippen LogP contribution is -2.24. The normalized spacial score (nSPS) is 13.3. The van der Waals surface area contributed by atoms with Gasteiger partial charge in [-0.05, 0) is 24.8 Å². The zero-order valence-corrected chi connectivity index (χ0v) is 11.6. The van der Waals surface area contributed by atoms with Gasteiger partial charge < -0.3 is 5.32 Å². The first-order valence-electron chi connectivity index (χ1n) is 5.43. The van der Waals surface area contributed by atoms with Crippen LogP contribution in [0.2, 0.25) is 0 Å². The van der Waals surface area contributed by atoms with Gasteiger partial charge in [0.1, 0.15) is 0 Å². The predicted molar refractivity (Wildman–Crippen MR) is 69.8 cm³/mol. The minimum Gasteiger partial charge on any atom is -0.356 e. The molecule has 1 heterocycles. The molecule has 0 spiro atoms. The highest BCUT2D eigenvalue weighted by Gasteiger charge is 2.22. The molecule has 1 aromatic rings. The molecular formula is C11H17NO3S2. The van der Waals surface area contributed by atoms with Crippen molar-refractivity contribution in [2.24, 2.45) is 0 Å². The van der Waals surface area contributed by atoms with E-state index in [1.54, 1.807) is 6.92 Å². The summed E-state index contributed by atoms with van der Waals surface area (Å²) in [6.45, 7) is 3.54. The van der Waals surface area contributed by atoms with E-state index >= 15 is 0 Å². The summed E-state index contributed by atoms with van der Waals surface area (Å²) in [7, 11) is -3.12. The van der Waals surface area contributed by atoms with Gasteiger partial charge in [0.05, 0.1) is 11.0 Å². The van der Waals surface area contributed by atoms with E-state index in [1.165, 1.54) is 18.3 Å². The molecule has 0 unspecified atom stereocenters. The van der Waals surface area contributed by atoms with Crippen LogP contribution in [0, 0.1) is 0 Å². The van der Waals surface area contributed by atoms with Gasteiger partial charge in [-0.1, -0.05) is 6.07 Å². The van der Waals surface area contributed by atoms with Crippen LogP contribution in [0.3, 0.4) is 0 Å². The second kappa shape index (κ2) is 6.16. The third-order valence-corrected chi connectivity index (χ3v) is 5.86. The number of sulfone groups is 1. The fraction of sp³-hybridized carbons (Fsp3) is 0.545. The molecule has 1 amide bonds. The van der Waals surface area contributed by atoms with E-state index < -0.39 is 15.1 Å². The number of rotatable bonds is 6. The molecule has 0 aliphatic heterocycles. The highest BCUT2D eigenvalue weighted by molar-refractivity contribution is 7.91. The lowest BCUT2D eigenvalue weighted by atomic mass is 10.4. The fourth-order valence-electron chi connectivity index (χ4n) is 1.41. The second-order valence-electron chi connectivity index (χ2n) is 3.86. The van der Waals surface area contributed by atoms with Crippen LogP contribution in [0.15, 0.2) is 17.5 Å². The Kier molecular flexibility index (Phi) is 5.14. The molecule has 0 aliphatic rings. The molecule has 1 N–H and O–H groups in total. The van der Waals surface area contributed by atoms with Crippen LogP contribution >= 0.6 is 11.3 Å². The maximum absolute atomic E-state index is 12.0. The fourth-order valence-corrected chi connectivity index (χ4v) is 4.02. The summed E-state index contributed by atoms with van der Waals surface area (Å²) in [5, 5.41) is 4.01. The molecule has 0 aromatic carbocycles.